The number of benzene rings is 5. The van der Waals surface area contributed by atoms with Gasteiger partial charge in [0.2, 0.25) is 0 Å². The van der Waals surface area contributed by atoms with Gasteiger partial charge in [-0.25, -0.2) is 0 Å². The minimum atomic E-state index is -1.05. The molecule has 5 aromatic rings. The second-order valence-electron chi connectivity index (χ2n) is 44.3. The first-order valence-corrected chi connectivity index (χ1v) is 49.6. The largest absolute Gasteiger partial charge is 0.507 e. The Hall–Kier alpha value is -10.0. The normalized spacial score (nSPS) is 36.9. The number of nitrogens with zero attached hydrogens (tertiary/aromatic N) is 5. The molecular formula is C107H128N10O19. The minimum absolute atomic E-state index is 0.00364. The number of piperidine rings is 5. The summed E-state index contributed by atoms with van der Waals surface area (Å²) in [6.45, 7) is 24.9. The molecule has 4 spiro atoms. The maximum atomic E-state index is 12.9. The Morgan fingerprint density at radius 3 is 1.09 bits per heavy atom. The maximum Gasteiger partial charge on any atom is 0.252 e. The first kappa shape index (κ1) is 91.1. The Labute approximate surface area is 791 Å². The molecule has 0 radical (unpaired) electrons. The van der Waals surface area contributed by atoms with Gasteiger partial charge in [0.1, 0.15) is 34.9 Å². The Kier molecular flexibility index (Phi) is 21.3. The quantitative estimate of drug-likeness (QED) is 0.0491. The van der Waals surface area contributed by atoms with Crippen molar-refractivity contribution in [1.82, 2.24) is 24.5 Å². The minimum Gasteiger partial charge on any atom is -0.507 e. The van der Waals surface area contributed by atoms with Crippen molar-refractivity contribution in [3.05, 3.63) is 192 Å². The van der Waals surface area contributed by atoms with E-state index in [2.05, 4.69) is 77.5 Å². The zero-order valence-corrected chi connectivity index (χ0v) is 78.2. The predicted molar refractivity (Wildman–Crippen MR) is 501 cm³/mol. The van der Waals surface area contributed by atoms with Crippen molar-refractivity contribution in [2.45, 2.75) is 304 Å². The number of phenols is 1. The Morgan fingerprint density at radius 2 is 0.713 bits per heavy atom. The van der Waals surface area contributed by atoms with Crippen molar-refractivity contribution in [3.8, 4) is 28.7 Å². The van der Waals surface area contributed by atoms with E-state index >= 15 is 0 Å². The molecule has 7 saturated carbocycles. The van der Waals surface area contributed by atoms with E-state index in [4.69, 9.17) is 47.6 Å². The lowest BCUT2D eigenvalue weighted by atomic mass is 9.48. The topological polar surface area (TPSA) is 461 Å². The summed E-state index contributed by atoms with van der Waals surface area (Å²) in [7, 11) is 0. The predicted octanol–water partition coefficient (Wildman–Crippen LogP) is 6.60. The highest BCUT2D eigenvalue weighted by atomic mass is 16.5. The van der Waals surface area contributed by atoms with Gasteiger partial charge in [0.05, 0.1) is 83.6 Å². The molecule has 29 nitrogen and oxygen atoms in total. The number of rotatable bonds is 15. The number of hydrogen-bond donors (Lipinski definition) is 12. The first-order chi connectivity index (χ1) is 64.8. The molecule has 0 unspecified atom stereocenters. The summed E-state index contributed by atoms with van der Waals surface area (Å²) >= 11 is 0. The molecule has 21 aliphatic rings. The fourth-order valence-electron chi connectivity index (χ4n) is 31.1. The van der Waals surface area contributed by atoms with Crippen LogP contribution < -0.4 is 47.6 Å². The van der Waals surface area contributed by atoms with Gasteiger partial charge in [0, 0.05) is 129 Å². The summed E-state index contributed by atoms with van der Waals surface area (Å²) in [4.78, 5) is 110. The molecule has 26 rings (SSSR count). The fraction of sp³-hybridized carbons (Fsp3) is 0.570. The van der Waals surface area contributed by atoms with E-state index in [1.54, 1.807) is 30.3 Å². The molecule has 12 aliphatic carbocycles. The number of nitrogens with two attached hydrogens (primary N) is 5. The van der Waals surface area contributed by atoms with Crippen LogP contribution in [0.1, 0.15) is 264 Å². The van der Waals surface area contributed by atoms with E-state index < -0.39 is 115 Å². The number of aliphatic hydroxyl groups is 6. The molecule has 136 heavy (non-hydrogen) atoms. The fourth-order valence-corrected chi connectivity index (χ4v) is 31.1. The summed E-state index contributed by atoms with van der Waals surface area (Å²) < 4.78 is 24.6. The van der Waals surface area contributed by atoms with Crippen molar-refractivity contribution >= 4 is 46.9 Å². The lowest BCUT2D eigenvalue weighted by molar-refractivity contribution is -0.206. The number of carbonyl (C=O) groups excluding carboxylic acids is 8. The molecule has 5 aromatic carbocycles. The Bertz CT molecular complexity index is 6100. The molecule has 20 atom stereocenters. The van der Waals surface area contributed by atoms with Crippen LogP contribution in [0, 0.1) is 11.8 Å². The van der Waals surface area contributed by atoms with E-state index in [-0.39, 0.29) is 65.3 Å². The number of Topliss-reactive ketones (excluding diaryl/α,β-unsaturated/α-hetero) is 3. The number of aromatic hydroxyl groups is 1. The van der Waals surface area contributed by atoms with Crippen LogP contribution >= 0.6 is 0 Å². The van der Waals surface area contributed by atoms with Crippen LogP contribution in [0.4, 0.5) is 0 Å². The molecule has 10 bridgehead atoms. The van der Waals surface area contributed by atoms with Crippen molar-refractivity contribution in [2.75, 3.05) is 65.4 Å². The highest BCUT2D eigenvalue weighted by Gasteiger charge is 2.79. The summed E-state index contributed by atoms with van der Waals surface area (Å²) in [5.41, 5.74) is 34.0. The average molecular weight is 1860 g/mol. The molecule has 9 heterocycles. The van der Waals surface area contributed by atoms with Crippen LogP contribution in [-0.4, -0.2) is 261 Å². The van der Waals surface area contributed by atoms with Crippen LogP contribution in [-0.2, 0) is 73.6 Å². The van der Waals surface area contributed by atoms with Gasteiger partial charge in [0.15, 0.2) is 35.7 Å². The molecular weight excluding hydrogens is 1730 g/mol. The third kappa shape index (κ3) is 12.5. The second kappa shape index (κ2) is 31.8. The summed E-state index contributed by atoms with van der Waals surface area (Å²) in [5, 5.41) is 82.1. The van der Waals surface area contributed by atoms with Crippen LogP contribution in [0.2, 0.25) is 0 Å². The van der Waals surface area contributed by atoms with Crippen molar-refractivity contribution < 1.29 is 93.0 Å². The van der Waals surface area contributed by atoms with E-state index in [1.165, 1.54) is 36.8 Å². The molecule has 9 aliphatic heterocycles. The monoisotopic (exact) mass is 1860 g/mol. The van der Waals surface area contributed by atoms with Gasteiger partial charge in [-0.3, -0.25) is 62.9 Å². The van der Waals surface area contributed by atoms with E-state index in [1.807, 2.05) is 36.4 Å². The van der Waals surface area contributed by atoms with Gasteiger partial charge in [-0.2, -0.15) is 0 Å². The number of ether oxygens (including phenoxy) is 4. The first-order valence-electron chi connectivity index (χ1n) is 49.6. The smallest absolute Gasteiger partial charge is 0.252 e. The van der Waals surface area contributed by atoms with Gasteiger partial charge in [0.25, 0.3) is 29.5 Å². The van der Waals surface area contributed by atoms with Crippen LogP contribution in [0.25, 0.3) is 0 Å². The highest BCUT2D eigenvalue weighted by Crippen LogP contribution is 2.71. The van der Waals surface area contributed by atoms with Gasteiger partial charge in [-0.05, 0) is 259 Å². The molecule has 5 amide bonds. The highest BCUT2D eigenvalue weighted by molar-refractivity contribution is 6.02. The van der Waals surface area contributed by atoms with Gasteiger partial charge in [-0.15, -0.1) is 6.58 Å². The number of carbonyl (C=O) groups is 8. The number of primary amides is 5. The number of hydrogen-bond acceptors (Lipinski definition) is 24. The molecule has 29 heteroatoms. The molecule has 17 N–H and O–H groups in total. The van der Waals surface area contributed by atoms with Gasteiger partial charge in [-0.1, -0.05) is 71.9 Å². The maximum absolute atomic E-state index is 12.9. The Morgan fingerprint density at radius 1 is 0.397 bits per heavy atom. The van der Waals surface area contributed by atoms with E-state index in [9.17, 15) is 74.1 Å². The average Bonchev–Trinajstić information content (AvgIpc) is 1.50. The zero-order valence-electron chi connectivity index (χ0n) is 78.2. The summed E-state index contributed by atoms with van der Waals surface area (Å²) in [6, 6.07) is 18.0. The van der Waals surface area contributed by atoms with Crippen LogP contribution in [0.5, 0.6) is 28.7 Å². The number of ketones is 3. The number of allylic oxidation sites excluding steroid dienone is 3. The SMILES string of the molecule is C=C1CC[C@@]2(O)[C@H]3Cc4ccc(C(N)=O)c(O)c4[C@@]2(CCN3CC2CC2)C1.C=CCN1CC[C@]23c4c5ccc(C(N)=O)c4O[C@H]2C(=O)CC[C@@]3(O)[C@H]1C5.CC(C)=CCN1CC[C@]23c4c5ccc(C(N)=O)c4O[C@H]2C(=O)CC[C@@]3(O)[C@H]1C5.CC(C)=CCN1CC[C@]23c4c5ccc(C(N)=O)c4O[C@H]2[C@H](O)CC[C@@]3(O)[C@H]1C5.NC(=O)c1ccc2c3c1O[C@H]1C(=O)CC[C@@]4(O)[C@@H](C2)N(CC2CC2)CC[C@]314. The van der Waals surface area contributed by atoms with E-state index in [0.29, 0.717) is 161 Å². The number of aliphatic hydroxyl groups excluding tert-OH is 1. The summed E-state index contributed by atoms with van der Waals surface area (Å²) in [5.74, 6) is 0.500. The van der Waals surface area contributed by atoms with E-state index in [0.717, 1.165) is 151 Å². The lowest BCUT2D eigenvalue weighted by Gasteiger charge is -2.64. The summed E-state index contributed by atoms with van der Waals surface area (Å²) in [6.07, 6.45) is 20.3. The van der Waals surface area contributed by atoms with Crippen molar-refractivity contribution in [3.63, 3.8) is 0 Å². The third-order valence-electron chi connectivity index (χ3n) is 37.5. The lowest BCUT2D eigenvalue weighted by Crippen LogP contribution is -2.77. The Balaban J connectivity index is 0.0000000985. The zero-order chi connectivity index (χ0) is 95.5. The molecule has 0 aromatic heterocycles. The van der Waals surface area contributed by atoms with Crippen LogP contribution in [0.3, 0.4) is 0 Å². The number of fused-ring (bicyclic) bond motifs is 1. The molecule has 12 fully saturated rings. The third-order valence-corrected chi connectivity index (χ3v) is 37.5. The van der Waals surface area contributed by atoms with Crippen molar-refractivity contribution in [2.24, 2.45) is 40.5 Å². The molecule has 5 saturated heterocycles. The number of likely N-dealkylation sites (tertiary alicyclic amines) is 5. The van der Waals surface area contributed by atoms with Crippen LogP contribution in [0.15, 0.2) is 109 Å². The van der Waals surface area contributed by atoms with Gasteiger partial charge >= 0.3 is 0 Å². The standard InChI is InChI=1S/C22H28N2O4.C22H26N2O4.C22H28N2O3.C21H24N2O4.C20H22N2O4/c2*1-12(2)6-9-24-10-8-21-17-13-3-4-14(20(23)26)18(17)28-19(21)15(25)5-7-22(21,27)16(24)11-13;1-13-6-7-22(27)17-10-15-4-5-16(20(23)26)19(25)18(15)21(22,11-13)8-9-24(17)12-14-2-3-14;22-19(25)13-4-3-12-9-15-21(26)6-5-14(24)18-20(21,16(12)17(13)27-18)7-8-23(15)10-11-1-2-11;1-2-8-22-9-7-19-15-11-3-4-12(18(21)24)16(15)26-17(19)13(23)5-6-20(19,25)14(22)10-11/h3-4,6,15-16,19,25,27H,5,7-11H2,1-2H3,(H2,23,26);3-4,6,16,19,27H,5,7-11H2,1-2H3,(H2,23,26);4-5,14,17,25,27H,1-3,6-12H2,(H2,23,26);3-4,11,15,18,26H,1-2,5-10H2,(H2,22,25);2-4,14,17,25H,1,5-10H2,(H2,21,24)/t15-,16-,19+,21+,22-;16-,19+,21+,22-;17-,21-,22-;15-,18+,20+,21-;14-,17+,19+,20-/m11111/s1. The van der Waals surface area contributed by atoms with Crippen molar-refractivity contribution in [1.29, 1.82) is 0 Å². The van der Waals surface area contributed by atoms with Gasteiger partial charge < -0.3 is 83.4 Å². The second-order valence-corrected chi connectivity index (χ2v) is 44.3. The molecule has 720 valence electrons. The number of amides is 5.